The zero-order chi connectivity index (χ0) is 12.3. The van der Waals surface area contributed by atoms with Gasteiger partial charge in [-0.25, -0.2) is 4.39 Å². The van der Waals surface area contributed by atoms with Gasteiger partial charge in [0.05, 0.1) is 9.50 Å². The van der Waals surface area contributed by atoms with E-state index in [1.54, 1.807) is 6.07 Å². The number of benzene rings is 2. The topological polar surface area (TPSA) is 9.23 Å². The van der Waals surface area contributed by atoms with Gasteiger partial charge in [-0.15, -0.1) is 0 Å². The summed E-state index contributed by atoms with van der Waals surface area (Å²) >= 11 is 8.92. The molecule has 0 aromatic heterocycles. The molecule has 0 spiro atoms. The average Bonchev–Trinajstić information content (AvgIpc) is 2.35. The van der Waals surface area contributed by atoms with Gasteiger partial charge in [-0.2, -0.15) is 0 Å². The fourth-order valence-corrected chi connectivity index (χ4v) is 1.94. The summed E-state index contributed by atoms with van der Waals surface area (Å²) in [7, 11) is 0. The largest absolute Gasteiger partial charge is 0.485 e. The van der Waals surface area contributed by atoms with Gasteiger partial charge in [0, 0.05) is 0 Å². The summed E-state index contributed by atoms with van der Waals surface area (Å²) in [6.45, 7) is 0.302. The van der Waals surface area contributed by atoms with E-state index >= 15 is 0 Å². The van der Waals surface area contributed by atoms with E-state index in [4.69, 9.17) is 16.3 Å². The van der Waals surface area contributed by atoms with Gasteiger partial charge < -0.3 is 4.74 Å². The highest BCUT2D eigenvalue weighted by Gasteiger charge is 2.12. The van der Waals surface area contributed by atoms with Crippen molar-refractivity contribution in [1.82, 2.24) is 0 Å². The van der Waals surface area contributed by atoms with Crippen molar-refractivity contribution in [2.75, 3.05) is 0 Å². The smallest absolute Gasteiger partial charge is 0.184 e. The zero-order valence-electron chi connectivity index (χ0n) is 8.79. The van der Waals surface area contributed by atoms with Crippen molar-refractivity contribution in [3.05, 3.63) is 63.3 Å². The van der Waals surface area contributed by atoms with Crippen molar-refractivity contribution in [3.63, 3.8) is 0 Å². The predicted molar refractivity (Wildman–Crippen MR) is 69.9 cm³/mol. The van der Waals surface area contributed by atoms with E-state index in [0.717, 1.165) is 5.56 Å². The van der Waals surface area contributed by atoms with Crippen molar-refractivity contribution < 1.29 is 9.13 Å². The average molecular weight is 316 g/mol. The molecule has 0 bridgehead atoms. The second-order valence-electron chi connectivity index (χ2n) is 3.45. The fourth-order valence-electron chi connectivity index (χ4n) is 1.37. The lowest BCUT2D eigenvalue weighted by Crippen LogP contribution is -1.98. The minimum Gasteiger partial charge on any atom is -0.485 e. The molecule has 0 N–H and O–H groups in total. The van der Waals surface area contributed by atoms with Crippen LogP contribution in [-0.2, 0) is 6.61 Å². The Balaban J connectivity index is 2.17. The summed E-state index contributed by atoms with van der Waals surface area (Å²) in [5.74, 6) is -0.404. The molecule has 0 aliphatic heterocycles. The van der Waals surface area contributed by atoms with Crippen molar-refractivity contribution in [2.45, 2.75) is 6.61 Å². The van der Waals surface area contributed by atoms with Gasteiger partial charge in [0.25, 0.3) is 0 Å². The van der Waals surface area contributed by atoms with Crippen LogP contribution in [0.2, 0.25) is 5.02 Å². The lowest BCUT2D eigenvalue weighted by molar-refractivity contribution is 0.288. The van der Waals surface area contributed by atoms with Gasteiger partial charge >= 0.3 is 0 Å². The van der Waals surface area contributed by atoms with E-state index in [1.165, 1.54) is 6.07 Å². The SMILES string of the molecule is Fc1c(Cl)ccc(Br)c1OCc1ccccc1. The Morgan fingerprint density at radius 3 is 2.53 bits per heavy atom. The van der Waals surface area contributed by atoms with Crippen molar-refractivity contribution in [3.8, 4) is 5.75 Å². The molecule has 0 saturated carbocycles. The summed E-state index contributed by atoms with van der Waals surface area (Å²) < 4.78 is 19.7. The molecule has 4 heteroatoms. The lowest BCUT2D eigenvalue weighted by atomic mass is 10.2. The number of hydrogen-bond donors (Lipinski definition) is 0. The first-order valence-corrected chi connectivity index (χ1v) is 6.16. The third-order valence-corrected chi connectivity index (χ3v) is 3.14. The molecule has 2 aromatic rings. The first kappa shape index (κ1) is 12.4. The van der Waals surface area contributed by atoms with Crippen LogP contribution in [-0.4, -0.2) is 0 Å². The van der Waals surface area contributed by atoms with E-state index in [9.17, 15) is 4.39 Å². The van der Waals surface area contributed by atoms with E-state index in [-0.39, 0.29) is 10.8 Å². The Hall–Kier alpha value is -1.06. The van der Waals surface area contributed by atoms with Crippen LogP contribution in [0, 0.1) is 5.82 Å². The molecule has 0 aliphatic rings. The van der Waals surface area contributed by atoms with Crippen LogP contribution in [0.4, 0.5) is 4.39 Å². The second kappa shape index (κ2) is 5.52. The molecule has 0 unspecified atom stereocenters. The summed E-state index contributed by atoms with van der Waals surface area (Å²) in [6.07, 6.45) is 0. The van der Waals surface area contributed by atoms with E-state index < -0.39 is 5.82 Å². The van der Waals surface area contributed by atoms with Crippen LogP contribution >= 0.6 is 27.5 Å². The predicted octanol–water partition coefficient (Wildman–Crippen LogP) is 4.82. The van der Waals surface area contributed by atoms with Gasteiger partial charge in [0.15, 0.2) is 11.6 Å². The number of halogens is 3. The van der Waals surface area contributed by atoms with Gasteiger partial charge in [0.2, 0.25) is 0 Å². The quantitative estimate of drug-likeness (QED) is 0.738. The van der Waals surface area contributed by atoms with Crippen molar-refractivity contribution >= 4 is 27.5 Å². The molecule has 0 fully saturated rings. The molecule has 1 nitrogen and oxygen atoms in total. The summed E-state index contributed by atoms with van der Waals surface area (Å²) in [5, 5.41) is 0.0521. The van der Waals surface area contributed by atoms with Crippen LogP contribution in [0.3, 0.4) is 0 Å². The van der Waals surface area contributed by atoms with Crippen LogP contribution in [0.1, 0.15) is 5.56 Å². The first-order chi connectivity index (χ1) is 8.18. The van der Waals surface area contributed by atoms with Crippen molar-refractivity contribution in [1.29, 1.82) is 0 Å². The third kappa shape index (κ3) is 2.99. The van der Waals surface area contributed by atoms with Gasteiger partial charge in [-0.3, -0.25) is 0 Å². The zero-order valence-corrected chi connectivity index (χ0v) is 11.1. The molecule has 0 radical (unpaired) electrons. The molecule has 2 rings (SSSR count). The second-order valence-corrected chi connectivity index (χ2v) is 4.71. The van der Waals surface area contributed by atoms with Crippen LogP contribution in [0.5, 0.6) is 5.75 Å². The Labute approximate surface area is 112 Å². The molecule has 0 atom stereocenters. The van der Waals surface area contributed by atoms with Gasteiger partial charge in [-0.05, 0) is 33.6 Å². The van der Waals surface area contributed by atoms with Gasteiger partial charge in [-0.1, -0.05) is 41.9 Å². The third-order valence-electron chi connectivity index (χ3n) is 2.23. The van der Waals surface area contributed by atoms with E-state index in [2.05, 4.69) is 15.9 Å². The molecular weight excluding hydrogens is 306 g/mol. The summed E-state index contributed by atoms with van der Waals surface area (Å²) in [5.41, 5.74) is 0.971. The Kier molecular flexibility index (Phi) is 4.02. The highest BCUT2D eigenvalue weighted by Crippen LogP contribution is 2.33. The normalized spacial score (nSPS) is 10.3. The highest BCUT2D eigenvalue weighted by molar-refractivity contribution is 9.10. The highest BCUT2D eigenvalue weighted by atomic mass is 79.9. The maximum atomic E-state index is 13.7. The number of hydrogen-bond acceptors (Lipinski definition) is 1. The van der Waals surface area contributed by atoms with Crippen LogP contribution < -0.4 is 4.74 Å². The first-order valence-electron chi connectivity index (χ1n) is 4.98. The molecular formula is C13H9BrClFO. The Bertz CT molecular complexity index is 516. The summed E-state index contributed by atoms with van der Waals surface area (Å²) in [6, 6.07) is 12.7. The Morgan fingerprint density at radius 2 is 1.82 bits per heavy atom. The van der Waals surface area contributed by atoms with Gasteiger partial charge in [0.1, 0.15) is 6.61 Å². The summed E-state index contributed by atoms with van der Waals surface area (Å²) in [4.78, 5) is 0. The molecule has 2 aromatic carbocycles. The fraction of sp³-hybridized carbons (Fsp3) is 0.0769. The minimum atomic E-state index is -0.544. The standard InChI is InChI=1S/C13H9BrClFO/c14-10-6-7-11(15)12(16)13(10)17-8-9-4-2-1-3-5-9/h1-7H,8H2. The van der Waals surface area contributed by atoms with E-state index in [0.29, 0.717) is 11.1 Å². The molecule has 0 saturated heterocycles. The molecule has 0 amide bonds. The molecule has 17 heavy (non-hydrogen) atoms. The minimum absolute atomic E-state index is 0.0521. The number of rotatable bonds is 3. The van der Waals surface area contributed by atoms with Crippen LogP contribution in [0.15, 0.2) is 46.9 Å². The van der Waals surface area contributed by atoms with Crippen LogP contribution in [0.25, 0.3) is 0 Å². The monoisotopic (exact) mass is 314 g/mol. The molecule has 88 valence electrons. The molecule has 0 aliphatic carbocycles. The maximum absolute atomic E-state index is 13.7. The number of ether oxygens (including phenoxy) is 1. The maximum Gasteiger partial charge on any atom is 0.184 e. The Morgan fingerprint density at radius 1 is 1.12 bits per heavy atom. The lowest BCUT2D eigenvalue weighted by Gasteiger charge is -2.10. The van der Waals surface area contributed by atoms with E-state index in [1.807, 2.05) is 30.3 Å². The molecule has 0 heterocycles. The van der Waals surface area contributed by atoms with Crippen molar-refractivity contribution in [2.24, 2.45) is 0 Å².